The van der Waals surface area contributed by atoms with Gasteiger partial charge in [0.25, 0.3) is 0 Å². The van der Waals surface area contributed by atoms with E-state index in [2.05, 4.69) is 26.0 Å². The lowest BCUT2D eigenvalue weighted by Crippen LogP contribution is -1.94. The maximum Gasteiger partial charge on any atom is 0.124 e. The van der Waals surface area contributed by atoms with E-state index in [9.17, 15) is 4.79 Å². The van der Waals surface area contributed by atoms with Crippen molar-refractivity contribution in [2.24, 2.45) is 0 Å². The molecule has 0 saturated carbocycles. The molecule has 0 fully saturated rings. The molecular formula is C13H18O2. The van der Waals surface area contributed by atoms with Crippen LogP contribution in [0.25, 0.3) is 0 Å². The molecule has 2 nitrogen and oxygen atoms in total. The summed E-state index contributed by atoms with van der Waals surface area (Å²) in [6, 6.07) is 4.27. The Labute approximate surface area is 91.3 Å². The Kier molecular flexibility index (Phi) is 4.35. The van der Waals surface area contributed by atoms with Crippen molar-refractivity contribution in [1.29, 1.82) is 0 Å². The molecule has 0 radical (unpaired) electrons. The van der Waals surface area contributed by atoms with Crippen LogP contribution < -0.4 is 4.74 Å². The molecule has 0 heterocycles. The average molecular weight is 206 g/mol. The topological polar surface area (TPSA) is 26.3 Å². The summed E-state index contributed by atoms with van der Waals surface area (Å²) in [4.78, 5) is 10.2. The number of unbranched alkanes of at least 4 members (excludes halogenated alkanes) is 1. The lowest BCUT2D eigenvalue weighted by atomic mass is 10.0. The van der Waals surface area contributed by atoms with Crippen molar-refractivity contribution in [3.63, 3.8) is 0 Å². The summed E-state index contributed by atoms with van der Waals surface area (Å²) in [7, 11) is 1.70. The number of hydrogen-bond donors (Lipinski definition) is 0. The van der Waals surface area contributed by atoms with Crippen LogP contribution in [-0.2, 0) is 11.2 Å². The molecule has 0 aliphatic heterocycles. The third kappa shape index (κ3) is 3.08. The van der Waals surface area contributed by atoms with E-state index in [1.165, 1.54) is 16.7 Å². The molecule has 0 saturated heterocycles. The van der Waals surface area contributed by atoms with Gasteiger partial charge in [-0.25, -0.2) is 0 Å². The smallest absolute Gasteiger partial charge is 0.124 e. The zero-order valence-corrected chi connectivity index (χ0v) is 9.67. The van der Waals surface area contributed by atoms with Gasteiger partial charge in [-0.15, -0.1) is 0 Å². The highest BCUT2D eigenvalue weighted by atomic mass is 16.5. The third-order valence-electron chi connectivity index (χ3n) is 2.51. The normalized spacial score (nSPS) is 10.1. The summed E-state index contributed by atoms with van der Waals surface area (Å²) >= 11 is 0. The van der Waals surface area contributed by atoms with Gasteiger partial charge >= 0.3 is 0 Å². The second-order valence-electron chi connectivity index (χ2n) is 3.82. The summed E-state index contributed by atoms with van der Waals surface area (Å²) in [5.41, 5.74) is 3.62. The number of carbonyl (C=O) groups excluding carboxylic acids is 1. The van der Waals surface area contributed by atoms with Crippen molar-refractivity contribution in [2.75, 3.05) is 7.11 Å². The van der Waals surface area contributed by atoms with E-state index in [0.717, 1.165) is 24.9 Å². The van der Waals surface area contributed by atoms with E-state index in [-0.39, 0.29) is 0 Å². The largest absolute Gasteiger partial charge is 0.496 e. The Balaban J connectivity index is 2.79. The predicted molar refractivity (Wildman–Crippen MR) is 61.5 cm³/mol. The van der Waals surface area contributed by atoms with Gasteiger partial charge in [-0.1, -0.05) is 12.1 Å². The van der Waals surface area contributed by atoms with Crippen molar-refractivity contribution >= 4 is 6.29 Å². The lowest BCUT2D eigenvalue weighted by Gasteiger charge is -2.10. The highest BCUT2D eigenvalue weighted by Crippen LogP contribution is 2.24. The SMILES string of the molecule is COc1c(C)cc(CCCC=O)cc1C. The van der Waals surface area contributed by atoms with Crippen LogP contribution in [0.15, 0.2) is 12.1 Å². The van der Waals surface area contributed by atoms with Gasteiger partial charge in [0.2, 0.25) is 0 Å². The minimum Gasteiger partial charge on any atom is -0.496 e. The molecule has 0 spiro atoms. The van der Waals surface area contributed by atoms with Gasteiger partial charge in [-0.05, 0) is 43.4 Å². The number of benzene rings is 1. The van der Waals surface area contributed by atoms with Crippen LogP contribution in [-0.4, -0.2) is 13.4 Å². The summed E-state index contributed by atoms with van der Waals surface area (Å²) in [5.74, 6) is 0.967. The van der Waals surface area contributed by atoms with Crippen molar-refractivity contribution in [1.82, 2.24) is 0 Å². The number of hydrogen-bond acceptors (Lipinski definition) is 2. The molecular weight excluding hydrogens is 188 g/mol. The van der Waals surface area contributed by atoms with E-state index >= 15 is 0 Å². The van der Waals surface area contributed by atoms with E-state index in [1.807, 2.05) is 0 Å². The van der Waals surface area contributed by atoms with Gasteiger partial charge in [0.1, 0.15) is 12.0 Å². The van der Waals surface area contributed by atoms with E-state index in [4.69, 9.17) is 4.74 Å². The first-order valence-electron chi connectivity index (χ1n) is 5.26. The lowest BCUT2D eigenvalue weighted by molar-refractivity contribution is -0.107. The van der Waals surface area contributed by atoms with Gasteiger partial charge in [0, 0.05) is 6.42 Å². The Morgan fingerprint density at radius 2 is 1.87 bits per heavy atom. The fourth-order valence-corrected chi connectivity index (χ4v) is 1.90. The molecule has 0 atom stereocenters. The number of ether oxygens (including phenoxy) is 1. The summed E-state index contributed by atoms with van der Waals surface area (Å²) in [5, 5.41) is 0. The Morgan fingerprint density at radius 1 is 1.27 bits per heavy atom. The van der Waals surface area contributed by atoms with Crippen LogP contribution in [0.1, 0.15) is 29.5 Å². The molecule has 0 aliphatic carbocycles. The fraction of sp³-hybridized carbons (Fsp3) is 0.462. The molecule has 82 valence electrons. The number of aldehydes is 1. The Hall–Kier alpha value is -1.31. The van der Waals surface area contributed by atoms with Crippen LogP contribution in [0.4, 0.5) is 0 Å². The summed E-state index contributed by atoms with van der Waals surface area (Å²) in [6.07, 6.45) is 3.51. The molecule has 0 N–H and O–H groups in total. The van der Waals surface area contributed by atoms with Crippen LogP contribution in [0, 0.1) is 13.8 Å². The van der Waals surface area contributed by atoms with Crippen LogP contribution in [0.3, 0.4) is 0 Å². The number of methoxy groups -OCH3 is 1. The summed E-state index contributed by atoms with van der Waals surface area (Å²) in [6.45, 7) is 4.10. The average Bonchev–Trinajstić information content (AvgIpc) is 2.18. The van der Waals surface area contributed by atoms with Gasteiger partial charge in [0.15, 0.2) is 0 Å². The number of aryl methyl sites for hydroxylation is 3. The second-order valence-corrected chi connectivity index (χ2v) is 3.82. The van der Waals surface area contributed by atoms with Gasteiger partial charge in [-0.2, -0.15) is 0 Å². The Bertz CT molecular complexity index is 319. The van der Waals surface area contributed by atoms with Crippen LogP contribution >= 0.6 is 0 Å². The fourth-order valence-electron chi connectivity index (χ4n) is 1.90. The van der Waals surface area contributed by atoms with Crippen molar-refractivity contribution < 1.29 is 9.53 Å². The van der Waals surface area contributed by atoms with E-state index in [1.54, 1.807) is 7.11 Å². The number of carbonyl (C=O) groups is 1. The maximum absolute atomic E-state index is 10.2. The quantitative estimate of drug-likeness (QED) is 0.547. The molecule has 1 aromatic rings. The predicted octanol–water partition coefficient (Wildman–Crippen LogP) is 2.83. The molecule has 0 aromatic heterocycles. The molecule has 1 rings (SSSR count). The first kappa shape index (κ1) is 11.8. The Morgan fingerprint density at radius 3 is 2.33 bits per heavy atom. The molecule has 0 aliphatic rings. The van der Waals surface area contributed by atoms with Gasteiger partial charge in [0.05, 0.1) is 7.11 Å². The minimum atomic E-state index is 0.643. The molecule has 0 bridgehead atoms. The van der Waals surface area contributed by atoms with Crippen LogP contribution in [0.5, 0.6) is 5.75 Å². The van der Waals surface area contributed by atoms with Gasteiger partial charge < -0.3 is 9.53 Å². The zero-order valence-electron chi connectivity index (χ0n) is 9.67. The summed E-state index contributed by atoms with van der Waals surface area (Å²) < 4.78 is 5.30. The zero-order chi connectivity index (χ0) is 11.3. The third-order valence-corrected chi connectivity index (χ3v) is 2.51. The minimum absolute atomic E-state index is 0.643. The van der Waals surface area contributed by atoms with Crippen molar-refractivity contribution in [2.45, 2.75) is 33.1 Å². The molecule has 15 heavy (non-hydrogen) atoms. The van der Waals surface area contributed by atoms with Gasteiger partial charge in [-0.3, -0.25) is 0 Å². The van der Waals surface area contributed by atoms with Crippen molar-refractivity contribution in [3.8, 4) is 5.75 Å². The standard InChI is InChI=1S/C13H18O2/c1-10-8-12(6-4-5-7-14)9-11(2)13(10)15-3/h7-9H,4-6H2,1-3H3. The molecule has 1 aromatic carbocycles. The first-order chi connectivity index (χ1) is 7.19. The number of rotatable bonds is 5. The molecule has 0 amide bonds. The highest BCUT2D eigenvalue weighted by Gasteiger charge is 2.04. The van der Waals surface area contributed by atoms with E-state index in [0.29, 0.717) is 6.42 Å². The monoisotopic (exact) mass is 206 g/mol. The van der Waals surface area contributed by atoms with Crippen molar-refractivity contribution in [3.05, 3.63) is 28.8 Å². The molecule has 2 heteroatoms. The second kappa shape index (κ2) is 5.54. The molecule has 0 unspecified atom stereocenters. The van der Waals surface area contributed by atoms with E-state index < -0.39 is 0 Å². The maximum atomic E-state index is 10.2. The first-order valence-corrected chi connectivity index (χ1v) is 5.26. The van der Waals surface area contributed by atoms with Crippen LogP contribution in [0.2, 0.25) is 0 Å². The highest BCUT2D eigenvalue weighted by molar-refractivity contribution is 5.49.